The number of alkyl halides is 2. The molecule has 1 N–H and O–H groups in total. The van der Waals surface area contributed by atoms with Gasteiger partial charge in [0.25, 0.3) is 5.92 Å². The van der Waals surface area contributed by atoms with Crippen molar-refractivity contribution >= 4 is 18.0 Å². The van der Waals surface area contributed by atoms with Crippen molar-refractivity contribution in [2.75, 3.05) is 0 Å². The van der Waals surface area contributed by atoms with Gasteiger partial charge in [0.2, 0.25) is 5.91 Å². The molecule has 2 heterocycles. The van der Waals surface area contributed by atoms with Gasteiger partial charge >= 0.3 is 5.97 Å². The Balaban J connectivity index is 1.66. The van der Waals surface area contributed by atoms with Crippen molar-refractivity contribution < 1.29 is 23.1 Å². The molecule has 1 saturated heterocycles. The van der Waals surface area contributed by atoms with E-state index in [9.17, 15) is 14.9 Å². The van der Waals surface area contributed by atoms with Gasteiger partial charge in [-0.15, -0.1) is 0 Å². The number of nitrogens with zero attached hydrogens (tertiary/aromatic N) is 2. The van der Waals surface area contributed by atoms with Crippen molar-refractivity contribution in [1.29, 1.82) is 5.26 Å². The van der Waals surface area contributed by atoms with E-state index in [0.717, 1.165) is 11.1 Å². The highest BCUT2D eigenvalue weighted by Crippen LogP contribution is 2.55. The number of halogens is 2. The fraction of sp³-hybridized carbons (Fsp3) is 0.385. The zero-order valence-corrected chi connectivity index (χ0v) is 19.1. The molecule has 1 unspecified atom stereocenters. The molecule has 2 aromatic rings. The highest BCUT2D eigenvalue weighted by Gasteiger charge is 2.68. The first-order chi connectivity index (χ1) is 16.1. The number of benzene rings is 1. The lowest BCUT2D eigenvalue weighted by Crippen LogP contribution is -2.65. The second kappa shape index (κ2) is 8.64. The summed E-state index contributed by atoms with van der Waals surface area (Å²) in [5.41, 5.74) is 0.820. The third-order valence-corrected chi connectivity index (χ3v) is 6.94. The molecule has 0 bridgehead atoms. The molecule has 1 amide bonds. The minimum absolute atomic E-state index is 0.528. The van der Waals surface area contributed by atoms with Gasteiger partial charge in [-0.3, -0.25) is 9.78 Å². The highest BCUT2D eigenvalue weighted by atomic mass is 19.3. The van der Waals surface area contributed by atoms with Crippen LogP contribution in [0.4, 0.5) is 8.78 Å². The minimum atomic E-state index is -3.19. The summed E-state index contributed by atoms with van der Waals surface area (Å²) < 4.78 is 35.5. The van der Waals surface area contributed by atoms with Crippen LogP contribution in [0.2, 0.25) is 0 Å². The maximum Gasteiger partial charge on any atom is 0.332 e. The maximum absolute atomic E-state index is 15.1. The van der Waals surface area contributed by atoms with E-state index in [-0.39, 0.29) is 0 Å². The van der Waals surface area contributed by atoms with E-state index in [1.807, 2.05) is 18.2 Å². The molecule has 176 valence electrons. The van der Waals surface area contributed by atoms with Crippen molar-refractivity contribution in [2.24, 2.45) is 17.8 Å². The number of esters is 1. The van der Waals surface area contributed by atoms with Crippen LogP contribution in [-0.4, -0.2) is 34.4 Å². The van der Waals surface area contributed by atoms with Crippen molar-refractivity contribution in [3.05, 3.63) is 59.9 Å². The molecule has 1 aromatic heterocycles. The molecule has 4 rings (SSSR count). The largest absolute Gasteiger partial charge is 0.460 e. The summed E-state index contributed by atoms with van der Waals surface area (Å²) in [4.78, 5) is 29.0. The normalized spacial score (nSPS) is 29.8. The minimum Gasteiger partial charge on any atom is -0.460 e. The smallest absolute Gasteiger partial charge is 0.332 e. The number of nitrogens with one attached hydrogen (secondary N) is 1. The van der Waals surface area contributed by atoms with Gasteiger partial charge < -0.3 is 10.1 Å². The molecule has 2 aliphatic rings. The molecule has 1 aromatic carbocycles. The van der Waals surface area contributed by atoms with E-state index in [4.69, 9.17) is 4.74 Å². The Morgan fingerprint density at radius 2 is 2.00 bits per heavy atom. The van der Waals surface area contributed by atoms with Crippen LogP contribution >= 0.6 is 0 Å². The quantitative estimate of drug-likeness (QED) is 0.678. The monoisotopic (exact) mass is 465 g/mol. The number of allylic oxidation sites excluding steroid dienone is 1. The Morgan fingerprint density at radius 1 is 1.26 bits per heavy atom. The molecule has 1 aliphatic heterocycles. The average molecular weight is 466 g/mol. The zero-order valence-electron chi connectivity index (χ0n) is 19.1. The van der Waals surface area contributed by atoms with E-state index in [1.54, 1.807) is 43.5 Å². The number of ether oxygens (including phenoxy) is 1. The molecule has 1 saturated carbocycles. The Labute approximate surface area is 196 Å². The van der Waals surface area contributed by atoms with Crippen LogP contribution in [0.15, 0.2) is 48.7 Å². The summed E-state index contributed by atoms with van der Waals surface area (Å²) >= 11 is 0. The van der Waals surface area contributed by atoms with E-state index in [2.05, 4.69) is 16.4 Å². The topological polar surface area (TPSA) is 92.1 Å². The van der Waals surface area contributed by atoms with Gasteiger partial charge in [-0.1, -0.05) is 37.3 Å². The average Bonchev–Trinajstić information content (AvgIpc) is 3.02. The number of hydrogen-bond donors (Lipinski definition) is 1. The number of cyclic esters (lactones) is 1. The summed E-state index contributed by atoms with van der Waals surface area (Å²) in [5, 5.41) is 11.8. The first-order valence-corrected chi connectivity index (χ1v) is 11.1. The molecule has 0 spiro atoms. The Morgan fingerprint density at radius 3 is 2.65 bits per heavy atom. The number of hydrogen-bond acceptors (Lipinski definition) is 5. The molecule has 0 radical (unpaired) electrons. The maximum atomic E-state index is 15.1. The molecule has 34 heavy (non-hydrogen) atoms. The number of nitriles is 1. The van der Waals surface area contributed by atoms with E-state index >= 15 is 8.78 Å². The van der Waals surface area contributed by atoms with Gasteiger partial charge in [-0.05, 0) is 31.1 Å². The standard InChI is InChI=1S/C26H25F2N3O3/c1-15-21(23-16(2)34-24(33)25(23,31-17(3)32)14-26(15,27)28)11-10-20-9-8-19(13-30-20)22-7-5-4-6-18(22)12-29/h4-11,13,15-16,21,23H,14H2,1-3H3,(H,31,32)/b11-10+/t15-,16+,21-,23?,25-/m0/s1. The van der Waals surface area contributed by atoms with Crippen LogP contribution in [0, 0.1) is 29.1 Å². The van der Waals surface area contributed by atoms with Gasteiger partial charge in [-0.2, -0.15) is 5.26 Å². The van der Waals surface area contributed by atoms with Crippen LogP contribution in [0.3, 0.4) is 0 Å². The summed E-state index contributed by atoms with van der Waals surface area (Å²) in [6.45, 7) is 4.33. The number of carbonyl (C=O) groups excluding carboxylic acids is 2. The highest BCUT2D eigenvalue weighted by molar-refractivity contribution is 5.90. The lowest BCUT2D eigenvalue weighted by molar-refractivity contribution is -0.162. The third kappa shape index (κ3) is 3.96. The van der Waals surface area contributed by atoms with Gasteiger partial charge in [0, 0.05) is 42.5 Å². The summed E-state index contributed by atoms with van der Waals surface area (Å²) in [7, 11) is 0. The predicted molar refractivity (Wildman–Crippen MR) is 121 cm³/mol. The molecular weight excluding hydrogens is 440 g/mol. The van der Waals surface area contributed by atoms with E-state index in [0.29, 0.717) is 11.3 Å². The lowest BCUT2D eigenvalue weighted by atomic mass is 9.60. The summed E-state index contributed by atoms with van der Waals surface area (Å²) in [6.07, 6.45) is 3.50. The predicted octanol–water partition coefficient (Wildman–Crippen LogP) is 4.36. The Kier molecular flexibility index (Phi) is 5.98. The van der Waals surface area contributed by atoms with Crippen molar-refractivity contribution in [1.82, 2.24) is 10.3 Å². The van der Waals surface area contributed by atoms with Crippen molar-refractivity contribution in [3.63, 3.8) is 0 Å². The SMILES string of the molecule is CC(=O)N[C@@]12CC(F)(F)[C@@H](C)[C@H](/C=C/c3ccc(-c4ccccc4C#N)cn3)C1[C@@H](C)OC2=O. The molecule has 2 fully saturated rings. The second-order valence-electron chi connectivity index (χ2n) is 9.08. The van der Waals surface area contributed by atoms with Crippen LogP contribution in [0.5, 0.6) is 0 Å². The first kappa shape index (κ1) is 23.6. The second-order valence-corrected chi connectivity index (χ2v) is 9.08. The summed E-state index contributed by atoms with van der Waals surface area (Å²) in [6, 6.07) is 12.9. The summed E-state index contributed by atoms with van der Waals surface area (Å²) in [5.74, 6) is -7.01. The van der Waals surface area contributed by atoms with Gasteiger partial charge in [0.15, 0.2) is 5.54 Å². The van der Waals surface area contributed by atoms with Gasteiger partial charge in [0.05, 0.1) is 17.3 Å². The third-order valence-electron chi connectivity index (χ3n) is 6.94. The van der Waals surface area contributed by atoms with E-state index in [1.165, 1.54) is 13.8 Å². The van der Waals surface area contributed by atoms with Gasteiger partial charge in [-0.25, -0.2) is 13.6 Å². The lowest BCUT2D eigenvalue weighted by Gasteiger charge is -2.47. The molecule has 1 aliphatic carbocycles. The zero-order chi connectivity index (χ0) is 24.7. The van der Waals surface area contributed by atoms with E-state index < -0.39 is 53.6 Å². The number of fused-ring (bicyclic) bond motifs is 1. The van der Waals surface area contributed by atoms with Crippen molar-refractivity contribution in [3.8, 4) is 17.2 Å². The van der Waals surface area contributed by atoms with Crippen molar-refractivity contribution in [2.45, 2.75) is 44.8 Å². The number of aromatic nitrogens is 1. The van der Waals surface area contributed by atoms with Crippen LogP contribution in [0.25, 0.3) is 17.2 Å². The number of amides is 1. The molecule has 5 atom stereocenters. The van der Waals surface area contributed by atoms with Gasteiger partial charge in [0.1, 0.15) is 6.10 Å². The molecule has 6 nitrogen and oxygen atoms in total. The number of rotatable bonds is 4. The van der Waals surface area contributed by atoms with Crippen LogP contribution in [-0.2, 0) is 14.3 Å². The van der Waals surface area contributed by atoms with Crippen LogP contribution < -0.4 is 5.32 Å². The molecular formula is C26H25F2N3O3. The fourth-order valence-electron chi connectivity index (χ4n) is 5.33. The Hall–Kier alpha value is -3.60. The first-order valence-electron chi connectivity index (χ1n) is 11.1. The number of pyridine rings is 1. The van der Waals surface area contributed by atoms with Crippen LogP contribution in [0.1, 0.15) is 38.4 Å². The Bertz CT molecular complexity index is 1190. The number of carbonyl (C=O) groups is 2. The fourth-order valence-corrected chi connectivity index (χ4v) is 5.33. The molecule has 8 heteroatoms.